The van der Waals surface area contributed by atoms with Crippen LogP contribution in [0.15, 0.2) is 48.5 Å². The molecule has 1 aliphatic carbocycles. The molecule has 2 aromatic carbocycles. The van der Waals surface area contributed by atoms with Gasteiger partial charge in [0, 0.05) is 18.5 Å². The van der Waals surface area contributed by atoms with Crippen LogP contribution in [0.1, 0.15) is 55.2 Å². The standard InChI is InChI=1S/C26H29FN2O3/c27-21-10-8-20(9-11-21)25(12-4-1-5-13-25)17-28-23(30)24(31)29-15-14-26(18-29)22-7-3-2-6-19(22)16-32-26/h2-3,6-11H,1,4-5,12-18H2,(H,28,30). The summed E-state index contributed by atoms with van der Waals surface area (Å²) in [6.45, 7) is 1.84. The number of fused-ring (bicyclic) bond motifs is 2. The number of amides is 2. The Balaban J connectivity index is 1.26. The number of hydrogen-bond acceptors (Lipinski definition) is 3. The maximum Gasteiger partial charge on any atom is 0.311 e. The lowest BCUT2D eigenvalue weighted by Gasteiger charge is -2.38. The van der Waals surface area contributed by atoms with Gasteiger partial charge in [-0.1, -0.05) is 55.7 Å². The summed E-state index contributed by atoms with van der Waals surface area (Å²) in [4.78, 5) is 27.4. The van der Waals surface area contributed by atoms with Crippen LogP contribution in [0.2, 0.25) is 0 Å². The number of nitrogens with one attached hydrogen (secondary N) is 1. The van der Waals surface area contributed by atoms with Gasteiger partial charge in [0.15, 0.2) is 0 Å². The molecule has 168 valence electrons. The fourth-order valence-electron chi connectivity index (χ4n) is 5.75. The van der Waals surface area contributed by atoms with Crippen molar-refractivity contribution in [2.75, 3.05) is 19.6 Å². The molecule has 1 unspecified atom stereocenters. The fraction of sp³-hybridized carbons (Fsp3) is 0.462. The molecule has 2 fully saturated rings. The Bertz CT molecular complexity index is 1020. The number of nitrogens with zero attached hydrogens (tertiary/aromatic N) is 1. The van der Waals surface area contributed by atoms with E-state index in [1.54, 1.807) is 4.90 Å². The molecular weight excluding hydrogens is 407 g/mol. The second kappa shape index (κ2) is 8.32. The first-order valence-electron chi connectivity index (χ1n) is 11.6. The van der Waals surface area contributed by atoms with Crippen molar-refractivity contribution in [3.63, 3.8) is 0 Å². The Morgan fingerprint density at radius 3 is 2.53 bits per heavy atom. The van der Waals surface area contributed by atoms with Crippen LogP contribution in [0.3, 0.4) is 0 Å². The van der Waals surface area contributed by atoms with E-state index in [4.69, 9.17) is 4.74 Å². The summed E-state index contributed by atoms with van der Waals surface area (Å²) < 4.78 is 19.6. The number of carbonyl (C=O) groups excluding carboxylic acids is 2. The molecule has 2 amide bonds. The van der Waals surface area contributed by atoms with Gasteiger partial charge in [-0.25, -0.2) is 4.39 Å². The third-order valence-electron chi connectivity index (χ3n) is 7.58. The predicted molar refractivity (Wildman–Crippen MR) is 118 cm³/mol. The van der Waals surface area contributed by atoms with Gasteiger partial charge in [-0.05, 0) is 48.1 Å². The second-order valence-corrected chi connectivity index (χ2v) is 9.45. The van der Waals surface area contributed by atoms with Gasteiger partial charge in [-0.15, -0.1) is 0 Å². The molecule has 1 atom stereocenters. The molecule has 0 radical (unpaired) electrons. The lowest BCUT2D eigenvalue weighted by molar-refractivity contribution is -0.146. The first kappa shape index (κ1) is 21.1. The van der Waals surface area contributed by atoms with Crippen LogP contribution in [-0.4, -0.2) is 36.3 Å². The molecule has 2 aliphatic heterocycles. The SMILES string of the molecule is O=C(NCC1(c2ccc(F)cc2)CCCCC1)C(=O)N1CCC2(C1)OCc1ccccc12. The predicted octanol–water partition coefficient (Wildman–Crippen LogP) is 3.80. The van der Waals surface area contributed by atoms with Gasteiger partial charge in [0.05, 0.1) is 13.2 Å². The molecule has 3 aliphatic rings. The van der Waals surface area contributed by atoms with E-state index in [0.29, 0.717) is 32.7 Å². The quantitative estimate of drug-likeness (QED) is 0.745. The molecule has 2 heterocycles. The molecule has 1 saturated carbocycles. The van der Waals surface area contributed by atoms with E-state index in [-0.39, 0.29) is 11.2 Å². The third-order valence-corrected chi connectivity index (χ3v) is 7.58. The molecule has 1 spiro atoms. The van der Waals surface area contributed by atoms with Crippen molar-refractivity contribution in [2.45, 2.75) is 56.1 Å². The Kier molecular flexibility index (Phi) is 5.49. The Labute approximate surface area is 187 Å². The summed E-state index contributed by atoms with van der Waals surface area (Å²) in [7, 11) is 0. The number of carbonyl (C=O) groups is 2. The molecule has 1 saturated heterocycles. The molecule has 5 nitrogen and oxygen atoms in total. The Hall–Kier alpha value is -2.73. The van der Waals surface area contributed by atoms with Crippen molar-refractivity contribution >= 4 is 11.8 Å². The smallest absolute Gasteiger partial charge is 0.311 e. The van der Waals surface area contributed by atoms with Gasteiger partial charge in [0.1, 0.15) is 11.4 Å². The van der Waals surface area contributed by atoms with Gasteiger partial charge in [0.2, 0.25) is 0 Å². The van der Waals surface area contributed by atoms with Crippen molar-refractivity contribution in [2.24, 2.45) is 0 Å². The molecule has 0 bridgehead atoms. The van der Waals surface area contributed by atoms with E-state index in [2.05, 4.69) is 17.4 Å². The van der Waals surface area contributed by atoms with Gasteiger partial charge < -0.3 is 15.0 Å². The topological polar surface area (TPSA) is 58.6 Å². The largest absolute Gasteiger partial charge is 0.364 e. The lowest BCUT2D eigenvalue weighted by Crippen LogP contribution is -2.48. The zero-order valence-electron chi connectivity index (χ0n) is 18.2. The number of rotatable bonds is 3. The van der Waals surface area contributed by atoms with Crippen LogP contribution in [0, 0.1) is 5.82 Å². The zero-order valence-corrected chi connectivity index (χ0v) is 18.2. The van der Waals surface area contributed by atoms with Gasteiger partial charge in [0.25, 0.3) is 0 Å². The lowest BCUT2D eigenvalue weighted by atomic mass is 9.69. The summed E-state index contributed by atoms with van der Waals surface area (Å²) in [5, 5.41) is 2.92. The van der Waals surface area contributed by atoms with E-state index in [9.17, 15) is 14.0 Å². The van der Waals surface area contributed by atoms with Crippen LogP contribution in [-0.2, 0) is 31.9 Å². The van der Waals surface area contributed by atoms with Crippen LogP contribution < -0.4 is 5.32 Å². The highest BCUT2D eigenvalue weighted by Crippen LogP contribution is 2.43. The van der Waals surface area contributed by atoms with Crippen molar-refractivity contribution < 1.29 is 18.7 Å². The molecule has 6 heteroatoms. The normalized spacial score (nSPS) is 23.8. The minimum atomic E-state index is -0.569. The first-order chi connectivity index (χ1) is 15.5. The van der Waals surface area contributed by atoms with Crippen LogP contribution in [0.4, 0.5) is 4.39 Å². The third kappa shape index (κ3) is 3.71. The molecule has 32 heavy (non-hydrogen) atoms. The van der Waals surface area contributed by atoms with Crippen LogP contribution in [0.5, 0.6) is 0 Å². The van der Waals surface area contributed by atoms with Gasteiger partial charge in [-0.2, -0.15) is 0 Å². The summed E-state index contributed by atoms with van der Waals surface area (Å²) in [6, 6.07) is 14.7. The van der Waals surface area contributed by atoms with E-state index in [1.165, 1.54) is 12.1 Å². The Morgan fingerprint density at radius 2 is 1.75 bits per heavy atom. The minimum Gasteiger partial charge on any atom is -0.364 e. The summed E-state index contributed by atoms with van der Waals surface area (Å²) in [5.74, 6) is -1.34. The zero-order chi connectivity index (χ0) is 22.2. The number of hydrogen-bond donors (Lipinski definition) is 1. The number of ether oxygens (including phenoxy) is 1. The highest BCUT2D eigenvalue weighted by molar-refractivity contribution is 6.35. The molecule has 2 aromatic rings. The fourth-order valence-corrected chi connectivity index (χ4v) is 5.75. The van der Waals surface area contributed by atoms with Crippen molar-refractivity contribution in [3.05, 3.63) is 71.0 Å². The molecule has 5 rings (SSSR count). The van der Waals surface area contributed by atoms with E-state index < -0.39 is 17.4 Å². The average Bonchev–Trinajstić information content (AvgIpc) is 3.43. The highest BCUT2D eigenvalue weighted by atomic mass is 19.1. The van der Waals surface area contributed by atoms with E-state index in [1.807, 2.05) is 24.3 Å². The van der Waals surface area contributed by atoms with Crippen LogP contribution in [0.25, 0.3) is 0 Å². The average molecular weight is 437 g/mol. The molecule has 1 N–H and O–H groups in total. The second-order valence-electron chi connectivity index (χ2n) is 9.45. The van der Waals surface area contributed by atoms with Crippen LogP contribution >= 0.6 is 0 Å². The highest BCUT2D eigenvalue weighted by Gasteiger charge is 2.47. The number of likely N-dealkylation sites (tertiary alicyclic amines) is 1. The van der Waals surface area contributed by atoms with Crippen molar-refractivity contribution in [1.29, 1.82) is 0 Å². The van der Waals surface area contributed by atoms with Gasteiger partial charge in [-0.3, -0.25) is 9.59 Å². The van der Waals surface area contributed by atoms with E-state index >= 15 is 0 Å². The monoisotopic (exact) mass is 436 g/mol. The molecular formula is C26H29FN2O3. The Morgan fingerprint density at radius 1 is 1.00 bits per heavy atom. The molecule has 0 aromatic heterocycles. The summed E-state index contributed by atoms with van der Waals surface area (Å²) >= 11 is 0. The summed E-state index contributed by atoms with van der Waals surface area (Å²) in [5.41, 5.74) is 2.58. The van der Waals surface area contributed by atoms with E-state index in [0.717, 1.165) is 48.8 Å². The maximum absolute atomic E-state index is 13.5. The number of halogens is 1. The first-order valence-corrected chi connectivity index (χ1v) is 11.6. The minimum absolute atomic E-state index is 0.248. The maximum atomic E-state index is 13.5. The van der Waals surface area contributed by atoms with Gasteiger partial charge >= 0.3 is 11.8 Å². The number of benzene rings is 2. The summed E-state index contributed by atoms with van der Waals surface area (Å²) in [6.07, 6.45) is 5.82. The van der Waals surface area contributed by atoms with Crippen molar-refractivity contribution in [3.8, 4) is 0 Å². The van der Waals surface area contributed by atoms with Crippen molar-refractivity contribution in [1.82, 2.24) is 10.2 Å².